The molecule has 3 rings (SSSR count). The molecule has 0 bridgehead atoms. The molecular weight excluding hydrogens is 260 g/mol. The molecule has 0 atom stereocenters. The highest BCUT2D eigenvalue weighted by Gasteiger charge is 2.29. The van der Waals surface area contributed by atoms with Crippen molar-refractivity contribution in [3.05, 3.63) is 52.4 Å². The van der Waals surface area contributed by atoms with Crippen molar-refractivity contribution in [2.24, 2.45) is 0 Å². The van der Waals surface area contributed by atoms with Gasteiger partial charge in [0.2, 0.25) is 0 Å². The summed E-state index contributed by atoms with van der Waals surface area (Å²) in [6.45, 7) is 2.69. The van der Waals surface area contributed by atoms with Crippen LogP contribution in [0, 0.1) is 6.92 Å². The van der Waals surface area contributed by atoms with Crippen LogP contribution in [-0.2, 0) is 6.54 Å². The Morgan fingerprint density at radius 1 is 1.37 bits per heavy atom. The van der Waals surface area contributed by atoms with Crippen molar-refractivity contribution >= 4 is 11.6 Å². The molecule has 1 N–H and O–H groups in total. The van der Waals surface area contributed by atoms with E-state index in [1.165, 1.54) is 5.56 Å². The standard InChI is InChI=1S/C15H17ClN2O/c1-10-5-15(18-19-10)9-17-14-7-12(8-14)11-3-2-4-13(16)6-11/h2-6,12,14,17H,7-9H2,1H3. The number of nitrogens with one attached hydrogen (secondary N) is 1. The molecule has 100 valence electrons. The van der Waals surface area contributed by atoms with Crippen LogP contribution in [0.2, 0.25) is 5.02 Å². The van der Waals surface area contributed by atoms with Gasteiger partial charge in [0.25, 0.3) is 0 Å². The SMILES string of the molecule is Cc1cc(CNC2CC(c3cccc(Cl)c3)C2)no1. The van der Waals surface area contributed by atoms with Crippen molar-refractivity contribution in [3.63, 3.8) is 0 Å². The van der Waals surface area contributed by atoms with Gasteiger partial charge < -0.3 is 9.84 Å². The minimum atomic E-state index is 0.570. The fraction of sp³-hybridized carbons (Fsp3) is 0.400. The largest absolute Gasteiger partial charge is 0.361 e. The highest BCUT2D eigenvalue weighted by Crippen LogP contribution is 2.37. The minimum absolute atomic E-state index is 0.570. The van der Waals surface area contributed by atoms with Gasteiger partial charge in [-0.05, 0) is 43.4 Å². The Morgan fingerprint density at radius 3 is 2.89 bits per heavy atom. The quantitative estimate of drug-likeness (QED) is 0.926. The van der Waals surface area contributed by atoms with Gasteiger partial charge in [-0.15, -0.1) is 0 Å². The van der Waals surface area contributed by atoms with E-state index in [0.717, 1.165) is 35.9 Å². The van der Waals surface area contributed by atoms with Crippen LogP contribution in [0.5, 0.6) is 0 Å². The molecule has 1 fully saturated rings. The van der Waals surface area contributed by atoms with Crippen LogP contribution in [-0.4, -0.2) is 11.2 Å². The van der Waals surface area contributed by atoms with Crippen molar-refractivity contribution in [3.8, 4) is 0 Å². The normalized spacial score (nSPS) is 22.2. The molecule has 0 aliphatic heterocycles. The van der Waals surface area contributed by atoms with Gasteiger partial charge in [-0.1, -0.05) is 28.9 Å². The zero-order valence-corrected chi connectivity index (χ0v) is 11.7. The van der Waals surface area contributed by atoms with Crippen LogP contribution in [0.1, 0.15) is 35.8 Å². The van der Waals surface area contributed by atoms with Gasteiger partial charge in [-0.25, -0.2) is 0 Å². The molecule has 1 aromatic carbocycles. The molecule has 1 saturated carbocycles. The second-order valence-corrected chi connectivity index (χ2v) is 5.67. The zero-order valence-electron chi connectivity index (χ0n) is 10.9. The summed E-state index contributed by atoms with van der Waals surface area (Å²) in [7, 11) is 0. The van der Waals surface area contributed by atoms with Crippen LogP contribution in [0.25, 0.3) is 0 Å². The molecule has 4 heteroatoms. The Morgan fingerprint density at radius 2 is 2.21 bits per heavy atom. The van der Waals surface area contributed by atoms with E-state index in [1.807, 2.05) is 25.1 Å². The lowest BCUT2D eigenvalue weighted by molar-refractivity contribution is 0.286. The summed E-state index contributed by atoms with van der Waals surface area (Å²) in [6, 6.07) is 10.7. The molecule has 0 amide bonds. The van der Waals surface area contributed by atoms with Gasteiger partial charge in [-0.3, -0.25) is 0 Å². The van der Waals surface area contributed by atoms with E-state index in [0.29, 0.717) is 12.0 Å². The number of hydrogen-bond acceptors (Lipinski definition) is 3. The first-order valence-electron chi connectivity index (χ1n) is 6.62. The molecule has 0 saturated heterocycles. The molecule has 0 spiro atoms. The summed E-state index contributed by atoms with van der Waals surface area (Å²) < 4.78 is 5.05. The highest BCUT2D eigenvalue weighted by atomic mass is 35.5. The van der Waals surface area contributed by atoms with E-state index in [-0.39, 0.29) is 0 Å². The third-order valence-electron chi connectivity index (χ3n) is 3.71. The van der Waals surface area contributed by atoms with E-state index in [2.05, 4.69) is 22.6 Å². The van der Waals surface area contributed by atoms with Crippen molar-refractivity contribution in [2.75, 3.05) is 0 Å². The topological polar surface area (TPSA) is 38.1 Å². The smallest absolute Gasteiger partial charge is 0.133 e. The van der Waals surface area contributed by atoms with Crippen molar-refractivity contribution < 1.29 is 4.52 Å². The minimum Gasteiger partial charge on any atom is -0.361 e. The predicted octanol–water partition coefficient (Wildman–Crippen LogP) is 3.67. The lowest BCUT2D eigenvalue weighted by Gasteiger charge is -2.36. The van der Waals surface area contributed by atoms with Crippen molar-refractivity contribution in [1.29, 1.82) is 0 Å². The van der Waals surface area contributed by atoms with Gasteiger partial charge in [0.05, 0.1) is 5.69 Å². The number of hydrogen-bond donors (Lipinski definition) is 1. The molecule has 1 aliphatic rings. The maximum absolute atomic E-state index is 6.02. The summed E-state index contributed by atoms with van der Waals surface area (Å²) in [5, 5.41) is 8.31. The van der Waals surface area contributed by atoms with Crippen LogP contribution in [0.15, 0.2) is 34.9 Å². The summed E-state index contributed by atoms with van der Waals surface area (Å²) in [4.78, 5) is 0. The van der Waals surface area contributed by atoms with Gasteiger partial charge in [0.15, 0.2) is 0 Å². The first-order chi connectivity index (χ1) is 9.20. The Labute approximate surface area is 117 Å². The number of halogens is 1. The molecule has 2 aromatic rings. The molecule has 1 heterocycles. The average molecular weight is 277 g/mol. The molecule has 1 aliphatic carbocycles. The van der Waals surface area contributed by atoms with Crippen molar-refractivity contribution in [1.82, 2.24) is 10.5 Å². The van der Waals surface area contributed by atoms with Gasteiger partial charge in [0, 0.05) is 23.7 Å². The second-order valence-electron chi connectivity index (χ2n) is 5.23. The maximum Gasteiger partial charge on any atom is 0.133 e. The Bertz CT molecular complexity index is 561. The summed E-state index contributed by atoms with van der Waals surface area (Å²) in [5.41, 5.74) is 2.33. The van der Waals surface area contributed by atoms with Crippen LogP contribution >= 0.6 is 11.6 Å². The maximum atomic E-state index is 6.02. The van der Waals surface area contributed by atoms with Gasteiger partial charge in [-0.2, -0.15) is 0 Å². The van der Waals surface area contributed by atoms with E-state index in [4.69, 9.17) is 16.1 Å². The van der Waals surface area contributed by atoms with E-state index < -0.39 is 0 Å². The molecule has 1 aromatic heterocycles. The third kappa shape index (κ3) is 2.99. The fourth-order valence-corrected chi connectivity index (χ4v) is 2.77. The highest BCUT2D eigenvalue weighted by molar-refractivity contribution is 6.30. The lowest BCUT2D eigenvalue weighted by Crippen LogP contribution is -2.39. The van der Waals surface area contributed by atoms with Crippen molar-refractivity contribution in [2.45, 2.75) is 38.3 Å². The van der Waals surface area contributed by atoms with Gasteiger partial charge >= 0.3 is 0 Å². The number of benzene rings is 1. The Hall–Kier alpha value is -1.32. The molecular formula is C15H17ClN2O. The first kappa shape index (κ1) is 12.7. The number of nitrogens with zero attached hydrogens (tertiary/aromatic N) is 1. The zero-order chi connectivity index (χ0) is 13.2. The third-order valence-corrected chi connectivity index (χ3v) is 3.94. The lowest BCUT2D eigenvalue weighted by atomic mass is 9.76. The van der Waals surface area contributed by atoms with Crippen LogP contribution < -0.4 is 5.32 Å². The Balaban J connectivity index is 1.48. The molecule has 3 nitrogen and oxygen atoms in total. The second kappa shape index (κ2) is 5.35. The van der Waals surface area contributed by atoms with Crippen LogP contribution in [0.4, 0.5) is 0 Å². The fourth-order valence-electron chi connectivity index (χ4n) is 2.57. The molecule has 0 radical (unpaired) electrons. The number of aryl methyl sites for hydroxylation is 1. The van der Waals surface area contributed by atoms with E-state index in [9.17, 15) is 0 Å². The average Bonchev–Trinajstić information content (AvgIpc) is 2.73. The summed E-state index contributed by atoms with van der Waals surface area (Å²) in [6.07, 6.45) is 2.33. The van der Waals surface area contributed by atoms with Crippen LogP contribution in [0.3, 0.4) is 0 Å². The molecule has 0 unspecified atom stereocenters. The van der Waals surface area contributed by atoms with E-state index >= 15 is 0 Å². The molecule has 19 heavy (non-hydrogen) atoms. The predicted molar refractivity (Wildman–Crippen MR) is 75.3 cm³/mol. The number of aromatic nitrogens is 1. The first-order valence-corrected chi connectivity index (χ1v) is 6.99. The van der Waals surface area contributed by atoms with E-state index in [1.54, 1.807) is 0 Å². The number of rotatable bonds is 4. The monoisotopic (exact) mass is 276 g/mol. The van der Waals surface area contributed by atoms with Gasteiger partial charge in [0.1, 0.15) is 5.76 Å². The summed E-state index contributed by atoms with van der Waals surface area (Å²) >= 11 is 6.02. The Kier molecular flexibility index (Phi) is 3.58. The summed E-state index contributed by atoms with van der Waals surface area (Å²) in [5.74, 6) is 1.50.